The Morgan fingerprint density at radius 2 is 1.61 bits per heavy atom. The lowest BCUT2D eigenvalue weighted by Gasteiger charge is -2.61. The maximum absolute atomic E-state index is 13.1. The van der Waals surface area contributed by atoms with Crippen molar-refractivity contribution >= 4 is 46.3 Å². The second-order valence-electron chi connectivity index (χ2n) is 16.2. The first-order valence-corrected chi connectivity index (χ1v) is 19.3. The summed E-state index contributed by atoms with van der Waals surface area (Å²) in [6.45, 7) is 8.80. The van der Waals surface area contributed by atoms with Crippen molar-refractivity contribution in [2.75, 3.05) is 63.9 Å². The average molecular weight is 733 g/mol. The summed E-state index contributed by atoms with van der Waals surface area (Å²) in [6, 6.07) is 14.1. The molecule has 0 radical (unpaired) electrons. The minimum Gasteiger partial charge on any atom is -0.492 e. The third-order valence-electron chi connectivity index (χ3n) is 12.3. The molecule has 1 unspecified atom stereocenters. The second-order valence-corrected chi connectivity index (χ2v) is 16.2. The molecule has 4 saturated heterocycles. The molecular formula is C40H44N8O6. The highest BCUT2D eigenvalue weighted by molar-refractivity contribution is 6.23. The molecule has 2 aromatic heterocycles. The van der Waals surface area contributed by atoms with Crippen LogP contribution in [0.2, 0.25) is 0 Å². The number of aromatic nitrogens is 3. The molecule has 1 aliphatic carbocycles. The van der Waals surface area contributed by atoms with Gasteiger partial charge in [-0.05, 0) is 74.4 Å². The van der Waals surface area contributed by atoms with Crippen molar-refractivity contribution in [3.8, 4) is 5.75 Å². The van der Waals surface area contributed by atoms with Gasteiger partial charge in [0, 0.05) is 70.4 Å². The molecule has 5 aliphatic heterocycles. The van der Waals surface area contributed by atoms with Gasteiger partial charge in [-0.1, -0.05) is 12.1 Å². The summed E-state index contributed by atoms with van der Waals surface area (Å²) in [5.41, 5.74) is 2.94. The minimum absolute atomic E-state index is 0.0925. The number of imidazole rings is 1. The Kier molecular flexibility index (Phi) is 8.18. The van der Waals surface area contributed by atoms with Crippen LogP contribution in [-0.2, 0) is 14.3 Å². The number of imide groups is 2. The van der Waals surface area contributed by atoms with E-state index < -0.39 is 29.7 Å². The van der Waals surface area contributed by atoms with Crippen LogP contribution in [-0.4, -0.2) is 130 Å². The number of hydrogen-bond donors (Lipinski definition) is 1. The van der Waals surface area contributed by atoms with Crippen molar-refractivity contribution < 1.29 is 28.7 Å². The Balaban J connectivity index is 0.612. The number of carbonyl (C=O) groups excluding carboxylic acids is 4. The number of para-hydroxylation sites is 2. The highest BCUT2D eigenvalue weighted by atomic mass is 16.5. The standard InChI is InChI=1S/C40H44N8O6/c49-35-8-7-33(36(50)43-35)48-37(51)29-6-5-27(19-30(29)38(48)52)53-16-15-44-21-40(22-44)23-45(24-40)20-25-17-28(18-25)54-26-9-12-46(13-10-26)34-11-14-47-32-4-2-1-3-31(32)41-39(47)42-34/h1-6,11,14,19,25-26,28,33H,7-10,12-13,15-18,20-24H2,(H,43,49,50). The van der Waals surface area contributed by atoms with Crippen LogP contribution in [0.1, 0.15) is 59.2 Å². The van der Waals surface area contributed by atoms with Crippen molar-refractivity contribution in [3.63, 3.8) is 0 Å². The van der Waals surface area contributed by atoms with Crippen LogP contribution in [0.3, 0.4) is 0 Å². The SMILES string of the molecule is O=C1CCC(N2C(=O)c3ccc(OCCN4CC5(C4)CN(CC4CC(OC6CCN(c7ccn8c(n7)nc7ccccc78)CC6)C4)C5)cc3C2=O)C(=O)N1. The van der Waals surface area contributed by atoms with Gasteiger partial charge in [-0.15, -0.1) is 0 Å². The molecule has 1 atom stereocenters. The number of nitrogens with zero attached hydrogens (tertiary/aromatic N) is 7. The number of likely N-dealkylation sites (tertiary alicyclic amines) is 2. The molecule has 6 aliphatic rings. The van der Waals surface area contributed by atoms with Crippen molar-refractivity contribution in [1.82, 2.24) is 34.4 Å². The molecule has 1 spiro atoms. The molecular weight excluding hydrogens is 688 g/mol. The number of nitrogens with one attached hydrogen (secondary N) is 1. The monoisotopic (exact) mass is 732 g/mol. The molecule has 4 amide bonds. The van der Waals surface area contributed by atoms with Crippen molar-refractivity contribution in [2.45, 2.75) is 56.8 Å². The molecule has 10 rings (SSSR count). The van der Waals surface area contributed by atoms with Gasteiger partial charge in [0.2, 0.25) is 17.6 Å². The zero-order chi connectivity index (χ0) is 36.6. The first kappa shape index (κ1) is 33.6. The lowest BCUT2D eigenvalue weighted by molar-refractivity contribution is -0.137. The van der Waals surface area contributed by atoms with Crippen LogP contribution in [0.15, 0.2) is 54.7 Å². The van der Waals surface area contributed by atoms with Gasteiger partial charge in [0.25, 0.3) is 11.8 Å². The van der Waals surface area contributed by atoms with Crippen molar-refractivity contribution in [3.05, 3.63) is 65.9 Å². The number of benzene rings is 2. The number of anilines is 1. The van der Waals surface area contributed by atoms with Crippen LogP contribution in [0.5, 0.6) is 5.75 Å². The highest BCUT2D eigenvalue weighted by Gasteiger charge is 2.52. The predicted octanol–water partition coefficient (Wildman–Crippen LogP) is 2.74. The quantitative estimate of drug-likeness (QED) is 0.241. The normalized spacial score (nSPS) is 25.9. The van der Waals surface area contributed by atoms with Gasteiger partial charge in [0.15, 0.2) is 0 Å². The first-order chi connectivity index (χ1) is 26.3. The fourth-order valence-corrected chi connectivity index (χ4v) is 9.63. The molecule has 1 N–H and O–H groups in total. The van der Waals surface area contributed by atoms with Gasteiger partial charge in [-0.25, -0.2) is 4.98 Å². The highest BCUT2D eigenvalue weighted by Crippen LogP contribution is 2.42. The summed E-state index contributed by atoms with van der Waals surface area (Å²) in [5, 5.41) is 2.22. The molecule has 0 bridgehead atoms. The van der Waals surface area contributed by atoms with Crippen molar-refractivity contribution in [2.24, 2.45) is 11.3 Å². The fraction of sp³-hybridized carbons (Fsp3) is 0.500. The van der Waals surface area contributed by atoms with Crippen LogP contribution in [0.25, 0.3) is 16.8 Å². The summed E-state index contributed by atoms with van der Waals surface area (Å²) in [5.74, 6) is 0.945. The van der Waals surface area contributed by atoms with Gasteiger partial charge in [-0.3, -0.25) is 38.7 Å². The topological polar surface area (TPSA) is 142 Å². The molecule has 14 nitrogen and oxygen atoms in total. The second kappa shape index (κ2) is 13.1. The van der Waals surface area contributed by atoms with E-state index in [1.54, 1.807) is 18.2 Å². The molecule has 1 saturated carbocycles. The Morgan fingerprint density at radius 1 is 0.833 bits per heavy atom. The Bertz CT molecular complexity index is 2160. The van der Waals surface area contributed by atoms with Crippen LogP contribution in [0, 0.1) is 11.3 Å². The molecule has 5 fully saturated rings. The van der Waals surface area contributed by atoms with Crippen molar-refractivity contribution in [1.29, 1.82) is 0 Å². The van der Waals surface area contributed by atoms with E-state index in [0.717, 1.165) is 105 Å². The fourth-order valence-electron chi connectivity index (χ4n) is 9.63. The lowest BCUT2D eigenvalue weighted by atomic mass is 9.71. The third kappa shape index (κ3) is 6.00. The minimum atomic E-state index is -0.975. The molecule has 280 valence electrons. The Labute approximate surface area is 312 Å². The smallest absolute Gasteiger partial charge is 0.262 e. The van der Waals surface area contributed by atoms with E-state index >= 15 is 0 Å². The molecule has 2 aromatic carbocycles. The number of fused-ring (bicyclic) bond motifs is 4. The maximum Gasteiger partial charge on any atom is 0.262 e. The summed E-state index contributed by atoms with van der Waals surface area (Å²) >= 11 is 0. The van der Waals surface area contributed by atoms with E-state index in [4.69, 9.17) is 19.4 Å². The summed E-state index contributed by atoms with van der Waals surface area (Å²) in [6.07, 6.45) is 7.41. The van der Waals surface area contributed by atoms with Gasteiger partial charge in [-0.2, -0.15) is 4.98 Å². The summed E-state index contributed by atoms with van der Waals surface area (Å²) in [4.78, 5) is 67.9. The first-order valence-electron chi connectivity index (χ1n) is 19.3. The summed E-state index contributed by atoms with van der Waals surface area (Å²) < 4.78 is 14.6. The maximum atomic E-state index is 13.1. The number of carbonyl (C=O) groups is 4. The van der Waals surface area contributed by atoms with Gasteiger partial charge >= 0.3 is 0 Å². The van der Waals surface area contributed by atoms with Crippen LogP contribution >= 0.6 is 0 Å². The Hall–Kier alpha value is -4.92. The average Bonchev–Trinajstić information content (AvgIpc) is 3.62. The van der Waals surface area contributed by atoms with E-state index in [1.807, 2.05) is 18.2 Å². The zero-order valence-electron chi connectivity index (χ0n) is 30.2. The van der Waals surface area contributed by atoms with Gasteiger partial charge in [0.1, 0.15) is 24.2 Å². The molecule has 7 heterocycles. The Morgan fingerprint density at radius 3 is 2.43 bits per heavy atom. The largest absolute Gasteiger partial charge is 0.492 e. The lowest BCUT2D eigenvalue weighted by Crippen LogP contribution is -2.72. The van der Waals surface area contributed by atoms with E-state index in [1.165, 1.54) is 6.54 Å². The summed E-state index contributed by atoms with van der Waals surface area (Å²) in [7, 11) is 0. The number of rotatable bonds is 10. The predicted molar refractivity (Wildman–Crippen MR) is 197 cm³/mol. The van der Waals surface area contributed by atoms with Gasteiger partial charge in [0.05, 0.1) is 34.4 Å². The third-order valence-corrected chi connectivity index (χ3v) is 12.3. The molecule has 54 heavy (non-hydrogen) atoms. The van der Waals surface area contributed by atoms with E-state index in [0.29, 0.717) is 30.0 Å². The van der Waals surface area contributed by atoms with E-state index in [9.17, 15) is 19.2 Å². The van der Waals surface area contributed by atoms with Gasteiger partial charge < -0.3 is 19.3 Å². The van der Waals surface area contributed by atoms with E-state index in [2.05, 4.69) is 42.7 Å². The zero-order valence-corrected chi connectivity index (χ0v) is 30.2. The van der Waals surface area contributed by atoms with Crippen LogP contribution < -0.4 is 15.0 Å². The number of hydrogen-bond acceptors (Lipinski definition) is 11. The number of ether oxygens (including phenoxy) is 2. The van der Waals surface area contributed by atoms with E-state index in [-0.39, 0.29) is 24.0 Å². The molecule has 14 heteroatoms. The number of amides is 4. The number of piperidine rings is 2. The van der Waals surface area contributed by atoms with Crippen LogP contribution in [0.4, 0.5) is 5.82 Å². The molecule has 4 aromatic rings.